The Labute approximate surface area is 291 Å². The van der Waals surface area contributed by atoms with Crippen LogP contribution in [0.2, 0.25) is 10.0 Å². The monoisotopic (exact) mass is 713 g/mol. The number of rotatable bonds is 15. The van der Waals surface area contributed by atoms with E-state index in [1.165, 1.54) is 47.4 Å². The average molecular weight is 715 g/mol. The zero-order valence-corrected chi connectivity index (χ0v) is 29.2. The van der Waals surface area contributed by atoms with E-state index in [0.717, 1.165) is 22.0 Å². The molecule has 4 aromatic rings. The summed E-state index contributed by atoms with van der Waals surface area (Å²) in [7, 11) is -4.38. The molecule has 0 spiro atoms. The number of sulfonamides is 1. The summed E-state index contributed by atoms with van der Waals surface area (Å²) < 4.78 is 48.7. The van der Waals surface area contributed by atoms with Crippen molar-refractivity contribution < 1.29 is 27.1 Å². The van der Waals surface area contributed by atoms with Crippen LogP contribution in [-0.4, -0.2) is 50.4 Å². The van der Waals surface area contributed by atoms with Crippen LogP contribution in [0.15, 0.2) is 102 Å². The van der Waals surface area contributed by atoms with Gasteiger partial charge in [-0.05, 0) is 92.1 Å². The number of nitrogens with one attached hydrogen (secondary N) is 1. The highest BCUT2D eigenvalue weighted by Gasteiger charge is 2.35. The Morgan fingerprint density at radius 1 is 0.917 bits per heavy atom. The minimum Gasteiger partial charge on any atom is -0.494 e. The maximum atomic E-state index is 14.6. The maximum absolute atomic E-state index is 14.6. The highest BCUT2D eigenvalue weighted by atomic mass is 35.5. The van der Waals surface area contributed by atoms with Crippen LogP contribution in [0, 0.1) is 5.82 Å². The van der Waals surface area contributed by atoms with Gasteiger partial charge in [-0.3, -0.25) is 13.9 Å². The third-order valence-electron chi connectivity index (χ3n) is 7.74. The highest BCUT2D eigenvalue weighted by molar-refractivity contribution is 7.92. The predicted octanol–water partition coefficient (Wildman–Crippen LogP) is 7.28. The molecule has 0 fully saturated rings. The van der Waals surface area contributed by atoms with Gasteiger partial charge in [0.05, 0.1) is 17.2 Å². The lowest BCUT2D eigenvalue weighted by Gasteiger charge is -2.34. The number of anilines is 1. The summed E-state index contributed by atoms with van der Waals surface area (Å²) >= 11 is 12.7. The van der Waals surface area contributed by atoms with Gasteiger partial charge in [0.1, 0.15) is 24.2 Å². The van der Waals surface area contributed by atoms with Crippen molar-refractivity contribution in [1.29, 1.82) is 0 Å². The molecule has 0 aromatic heterocycles. The number of hydrogen-bond acceptors (Lipinski definition) is 5. The second-order valence-corrected chi connectivity index (χ2v) is 13.9. The van der Waals surface area contributed by atoms with Crippen molar-refractivity contribution >= 4 is 50.7 Å². The van der Waals surface area contributed by atoms with E-state index in [0.29, 0.717) is 29.4 Å². The van der Waals surface area contributed by atoms with Gasteiger partial charge >= 0.3 is 0 Å². The van der Waals surface area contributed by atoms with Crippen molar-refractivity contribution in [1.82, 2.24) is 10.2 Å². The zero-order chi connectivity index (χ0) is 34.8. The average Bonchev–Trinajstić information content (AvgIpc) is 3.07. The first-order chi connectivity index (χ1) is 22.9. The van der Waals surface area contributed by atoms with Crippen LogP contribution in [0.1, 0.15) is 38.3 Å². The van der Waals surface area contributed by atoms with Crippen LogP contribution in [0.5, 0.6) is 5.75 Å². The predicted molar refractivity (Wildman–Crippen MR) is 187 cm³/mol. The molecule has 1 N–H and O–H groups in total. The van der Waals surface area contributed by atoms with Gasteiger partial charge in [0, 0.05) is 29.1 Å². The van der Waals surface area contributed by atoms with E-state index in [1.54, 1.807) is 12.1 Å². The van der Waals surface area contributed by atoms with Crippen molar-refractivity contribution in [2.24, 2.45) is 0 Å². The molecule has 0 saturated carbocycles. The maximum Gasteiger partial charge on any atom is 0.264 e. The molecule has 0 heterocycles. The molecule has 8 nitrogen and oxygen atoms in total. The van der Waals surface area contributed by atoms with E-state index >= 15 is 0 Å². The number of halogens is 3. The van der Waals surface area contributed by atoms with Crippen molar-refractivity contribution in [2.75, 3.05) is 17.5 Å². The normalized spacial score (nSPS) is 12.5. The Bertz CT molecular complexity index is 1790. The van der Waals surface area contributed by atoms with Gasteiger partial charge in [-0.2, -0.15) is 0 Å². The fourth-order valence-electron chi connectivity index (χ4n) is 4.97. The molecule has 4 rings (SSSR count). The van der Waals surface area contributed by atoms with E-state index in [2.05, 4.69) is 5.32 Å². The molecule has 0 aliphatic rings. The fourth-order valence-corrected chi connectivity index (χ4v) is 6.85. The van der Waals surface area contributed by atoms with Gasteiger partial charge in [0.25, 0.3) is 10.0 Å². The van der Waals surface area contributed by atoms with Crippen molar-refractivity contribution in [3.05, 3.63) is 124 Å². The third-order valence-corrected chi connectivity index (χ3v) is 10.1. The lowest BCUT2D eigenvalue weighted by atomic mass is 10.0. The fraction of sp³-hybridized carbons (Fsp3) is 0.278. The number of carbonyl (C=O) groups excluding carboxylic acids is 2. The summed E-state index contributed by atoms with van der Waals surface area (Å²) in [4.78, 5) is 29.7. The number of ether oxygens (including phenoxy) is 1. The molecular weight excluding hydrogens is 676 g/mol. The van der Waals surface area contributed by atoms with Gasteiger partial charge in [0.2, 0.25) is 11.8 Å². The minimum atomic E-state index is -4.38. The van der Waals surface area contributed by atoms with E-state index < -0.39 is 40.2 Å². The standard InChI is InChI=1S/C36H38Cl2FN3O5S/c1-4-25(3)40-36(44)34(21-26-9-7-6-8-10-26)41(23-27-11-12-28(37)22-33(27)38)35(43)24-42(30-15-13-29(39)14-16-30)48(45,46)32-19-17-31(18-20-32)47-5-2/h6-20,22,25,34H,4-5,21,23-24H2,1-3H3,(H,40,44)/t25-,34-/m1/s1. The number of carbonyl (C=O) groups is 2. The molecule has 254 valence electrons. The first-order valence-corrected chi connectivity index (χ1v) is 17.7. The molecule has 0 aliphatic heterocycles. The lowest BCUT2D eigenvalue weighted by Crippen LogP contribution is -2.54. The molecule has 48 heavy (non-hydrogen) atoms. The molecule has 0 bridgehead atoms. The minimum absolute atomic E-state index is 0.0618. The molecule has 2 amide bonds. The molecule has 0 radical (unpaired) electrons. The van der Waals surface area contributed by atoms with Crippen molar-refractivity contribution in [3.8, 4) is 5.75 Å². The van der Waals surface area contributed by atoms with E-state index in [9.17, 15) is 22.4 Å². The summed E-state index contributed by atoms with van der Waals surface area (Å²) in [5.74, 6) is -1.19. The third kappa shape index (κ3) is 9.49. The number of nitrogens with zero attached hydrogens (tertiary/aromatic N) is 2. The van der Waals surface area contributed by atoms with E-state index in [1.807, 2.05) is 51.1 Å². The van der Waals surface area contributed by atoms with E-state index in [4.69, 9.17) is 27.9 Å². The first kappa shape index (κ1) is 36.7. The lowest BCUT2D eigenvalue weighted by molar-refractivity contribution is -0.140. The Hall–Kier alpha value is -4.12. The molecule has 2 atom stereocenters. The molecule has 0 unspecified atom stereocenters. The van der Waals surface area contributed by atoms with Gasteiger partial charge in [-0.15, -0.1) is 0 Å². The van der Waals surface area contributed by atoms with Crippen LogP contribution < -0.4 is 14.4 Å². The molecule has 12 heteroatoms. The molecule has 0 aliphatic carbocycles. The van der Waals surface area contributed by atoms with Crippen LogP contribution in [0.4, 0.5) is 10.1 Å². The van der Waals surface area contributed by atoms with Gasteiger partial charge in [0.15, 0.2) is 0 Å². The smallest absolute Gasteiger partial charge is 0.264 e. The number of hydrogen-bond donors (Lipinski definition) is 1. The Kier molecular flexibility index (Phi) is 12.9. The SMILES string of the molecule is CCOc1ccc(S(=O)(=O)N(CC(=O)N(Cc2ccc(Cl)cc2Cl)[C@H](Cc2ccccc2)C(=O)N[C@H](C)CC)c2ccc(F)cc2)cc1. The Morgan fingerprint density at radius 3 is 2.19 bits per heavy atom. The van der Waals surface area contributed by atoms with Gasteiger partial charge < -0.3 is 15.0 Å². The van der Waals surface area contributed by atoms with Crippen molar-refractivity contribution in [3.63, 3.8) is 0 Å². The highest BCUT2D eigenvalue weighted by Crippen LogP contribution is 2.28. The summed E-state index contributed by atoms with van der Waals surface area (Å²) in [6.45, 7) is 5.17. The largest absolute Gasteiger partial charge is 0.494 e. The number of amides is 2. The zero-order valence-electron chi connectivity index (χ0n) is 26.9. The van der Waals surface area contributed by atoms with Crippen molar-refractivity contribution in [2.45, 2.75) is 57.1 Å². The molecular formula is C36H38Cl2FN3O5S. The molecule has 0 saturated heterocycles. The summed E-state index contributed by atoms with van der Waals surface area (Å²) in [5, 5.41) is 3.65. The van der Waals surface area contributed by atoms with Gasteiger partial charge in [-0.25, -0.2) is 12.8 Å². The van der Waals surface area contributed by atoms with Crippen LogP contribution in [0.3, 0.4) is 0 Å². The number of benzene rings is 4. The Balaban J connectivity index is 1.82. The van der Waals surface area contributed by atoms with Crippen LogP contribution in [0.25, 0.3) is 0 Å². The van der Waals surface area contributed by atoms with Crippen LogP contribution >= 0.6 is 23.2 Å². The van der Waals surface area contributed by atoms with Crippen LogP contribution in [-0.2, 0) is 32.6 Å². The van der Waals surface area contributed by atoms with E-state index in [-0.39, 0.29) is 34.6 Å². The first-order valence-electron chi connectivity index (χ1n) is 15.5. The molecule has 4 aromatic carbocycles. The van der Waals surface area contributed by atoms with Gasteiger partial charge in [-0.1, -0.05) is 66.5 Å². The second kappa shape index (κ2) is 16.8. The Morgan fingerprint density at radius 2 is 1.58 bits per heavy atom. The topological polar surface area (TPSA) is 96.0 Å². The summed E-state index contributed by atoms with van der Waals surface area (Å²) in [5.41, 5.74) is 1.36. The summed E-state index contributed by atoms with van der Waals surface area (Å²) in [6, 6.07) is 23.4. The quantitative estimate of drug-likeness (QED) is 0.140. The second-order valence-electron chi connectivity index (χ2n) is 11.2. The summed E-state index contributed by atoms with van der Waals surface area (Å²) in [6.07, 6.45) is 0.793.